The van der Waals surface area contributed by atoms with Crippen LogP contribution < -0.4 is 0 Å². The molecule has 1 atom stereocenters. The average molecular weight is 277 g/mol. The smallest absolute Gasteiger partial charge is 0.304 e. The second kappa shape index (κ2) is 11.8. The molecule has 0 aromatic heterocycles. The molecule has 1 rings (SSSR count). The number of rotatable bonds is 6. The van der Waals surface area contributed by atoms with Gasteiger partial charge in [0.2, 0.25) is 0 Å². The number of carboxylic acids is 1. The van der Waals surface area contributed by atoms with Crippen LogP contribution in [0, 0.1) is 0 Å². The van der Waals surface area contributed by atoms with Gasteiger partial charge in [-0.25, -0.2) is 0 Å². The molecule has 0 spiro atoms. The molecule has 0 bridgehead atoms. The summed E-state index contributed by atoms with van der Waals surface area (Å²) in [7, 11) is 2.17. The standard InChI is InChI=1S/C9H19NO.C4H8O2S/c1-3-4-5-9-8-10(2)6-7-11-9;1-7-3-2-4(5)6/h9H,3-8H2,1-2H3;2-3H2,1H3,(H,5,6). The zero-order valence-corrected chi connectivity index (χ0v) is 12.7. The molecule has 0 radical (unpaired) electrons. The van der Waals surface area contributed by atoms with Crippen molar-refractivity contribution in [3.63, 3.8) is 0 Å². The van der Waals surface area contributed by atoms with Gasteiger partial charge in [-0.05, 0) is 19.7 Å². The molecule has 1 saturated heterocycles. The first kappa shape index (κ1) is 17.7. The highest BCUT2D eigenvalue weighted by Gasteiger charge is 2.16. The van der Waals surface area contributed by atoms with Gasteiger partial charge in [-0.1, -0.05) is 19.8 Å². The number of hydrogen-bond acceptors (Lipinski definition) is 4. The summed E-state index contributed by atoms with van der Waals surface area (Å²) in [4.78, 5) is 12.1. The Hall–Kier alpha value is -0.260. The van der Waals surface area contributed by atoms with Crippen LogP contribution in [0.4, 0.5) is 0 Å². The van der Waals surface area contributed by atoms with E-state index in [0.717, 1.165) is 25.4 Å². The Morgan fingerprint density at radius 3 is 2.72 bits per heavy atom. The Bertz CT molecular complexity index is 214. The number of nitrogens with zero attached hydrogens (tertiary/aromatic N) is 1. The lowest BCUT2D eigenvalue weighted by atomic mass is 10.1. The van der Waals surface area contributed by atoms with E-state index < -0.39 is 5.97 Å². The lowest BCUT2D eigenvalue weighted by Crippen LogP contribution is -2.39. The van der Waals surface area contributed by atoms with Gasteiger partial charge in [0.1, 0.15) is 0 Å². The van der Waals surface area contributed by atoms with E-state index in [-0.39, 0.29) is 6.42 Å². The number of hydrogen-bond donors (Lipinski definition) is 1. The first-order valence-electron chi connectivity index (χ1n) is 6.61. The molecule has 0 saturated carbocycles. The molecule has 1 unspecified atom stereocenters. The van der Waals surface area contributed by atoms with Gasteiger partial charge in [0.15, 0.2) is 0 Å². The van der Waals surface area contributed by atoms with E-state index in [9.17, 15) is 4.79 Å². The van der Waals surface area contributed by atoms with E-state index >= 15 is 0 Å². The normalized spacial score (nSPS) is 20.1. The van der Waals surface area contributed by atoms with Crippen LogP contribution in [0.2, 0.25) is 0 Å². The molecule has 1 heterocycles. The minimum absolute atomic E-state index is 0.279. The zero-order chi connectivity index (χ0) is 13.8. The highest BCUT2D eigenvalue weighted by Crippen LogP contribution is 2.09. The number of aliphatic carboxylic acids is 1. The summed E-state index contributed by atoms with van der Waals surface area (Å²) in [5, 5.41) is 8.03. The predicted molar refractivity (Wildman–Crippen MR) is 77.4 cm³/mol. The number of thioether (sulfide) groups is 1. The van der Waals surface area contributed by atoms with Gasteiger partial charge in [0, 0.05) is 18.8 Å². The number of ether oxygens (including phenoxy) is 1. The molecule has 0 aliphatic carbocycles. The van der Waals surface area contributed by atoms with Crippen LogP contribution in [0.3, 0.4) is 0 Å². The van der Waals surface area contributed by atoms with E-state index in [1.165, 1.54) is 19.3 Å². The van der Waals surface area contributed by atoms with Crippen molar-refractivity contribution in [3.05, 3.63) is 0 Å². The summed E-state index contributed by atoms with van der Waals surface area (Å²) in [6.45, 7) is 5.38. The third-order valence-electron chi connectivity index (χ3n) is 2.74. The van der Waals surface area contributed by atoms with Gasteiger partial charge < -0.3 is 14.7 Å². The van der Waals surface area contributed by atoms with Crippen LogP contribution in [0.5, 0.6) is 0 Å². The highest BCUT2D eigenvalue weighted by molar-refractivity contribution is 7.98. The second-order valence-electron chi connectivity index (χ2n) is 4.53. The Balaban J connectivity index is 0.000000360. The summed E-state index contributed by atoms with van der Waals surface area (Å²) in [5.74, 6) is 0.00403. The SMILES string of the molecule is CCCCC1CN(C)CCO1.CSCCC(=O)O. The van der Waals surface area contributed by atoms with Crippen LogP contribution in [0.15, 0.2) is 0 Å². The molecule has 5 heteroatoms. The molecule has 1 fully saturated rings. The number of carbonyl (C=O) groups is 1. The van der Waals surface area contributed by atoms with Crippen LogP contribution in [-0.4, -0.2) is 60.8 Å². The van der Waals surface area contributed by atoms with Gasteiger partial charge in [0.05, 0.1) is 19.1 Å². The Morgan fingerprint density at radius 2 is 2.28 bits per heavy atom. The first-order chi connectivity index (χ1) is 8.60. The maximum atomic E-state index is 9.74. The minimum Gasteiger partial charge on any atom is -0.481 e. The number of carboxylic acid groups (broad SMARTS) is 1. The topological polar surface area (TPSA) is 49.8 Å². The summed E-state index contributed by atoms with van der Waals surface area (Å²) in [6.07, 6.45) is 6.50. The van der Waals surface area contributed by atoms with Crippen molar-refractivity contribution in [2.75, 3.05) is 38.8 Å². The number of morpholine rings is 1. The quantitative estimate of drug-likeness (QED) is 0.807. The van der Waals surface area contributed by atoms with Crippen LogP contribution in [-0.2, 0) is 9.53 Å². The van der Waals surface area contributed by atoms with Gasteiger partial charge in [-0.2, -0.15) is 11.8 Å². The molecular formula is C13H27NO3S. The molecule has 0 amide bonds. The second-order valence-corrected chi connectivity index (χ2v) is 5.52. The van der Waals surface area contributed by atoms with Gasteiger partial charge in [0.25, 0.3) is 0 Å². The lowest BCUT2D eigenvalue weighted by molar-refractivity contribution is -0.136. The fraction of sp³-hybridized carbons (Fsp3) is 0.923. The molecule has 1 N–H and O–H groups in total. The fourth-order valence-corrected chi connectivity index (χ4v) is 2.04. The predicted octanol–water partition coefficient (Wildman–Crippen LogP) is 2.33. The van der Waals surface area contributed by atoms with Crippen molar-refractivity contribution >= 4 is 17.7 Å². The summed E-state index contributed by atoms with van der Waals surface area (Å²) >= 11 is 1.55. The third-order valence-corrected chi connectivity index (χ3v) is 3.35. The summed E-state index contributed by atoms with van der Waals surface area (Å²) < 4.78 is 5.61. The van der Waals surface area contributed by atoms with E-state index in [1.807, 2.05) is 6.26 Å². The van der Waals surface area contributed by atoms with Crippen LogP contribution >= 0.6 is 11.8 Å². The highest BCUT2D eigenvalue weighted by atomic mass is 32.2. The third kappa shape index (κ3) is 10.9. The first-order valence-corrected chi connectivity index (χ1v) is 8.00. The molecular weight excluding hydrogens is 250 g/mol. The fourth-order valence-electron chi connectivity index (χ4n) is 1.66. The van der Waals surface area contributed by atoms with E-state index in [4.69, 9.17) is 9.84 Å². The summed E-state index contributed by atoms with van der Waals surface area (Å²) in [5.41, 5.74) is 0. The van der Waals surface area contributed by atoms with Crippen LogP contribution in [0.25, 0.3) is 0 Å². The van der Waals surface area contributed by atoms with Crippen molar-refractivity contribution in [2.24, 2.45) is 0 Å². The molecule has 1 aliphatic heterocycles. The molecule has 0 aromatic rings. The molecule has 18 heavy (non-hydrogen) atoms. The Morgan fingerprint density at radius 1 is 1.56 bits per heavy atom. The van der Waals surface area contributed by atoms with Gasteiger partial charge in [-0.15, -0.1) is 0 Å². The van der Waals surface area contributed by atoms with Crippen molar-refractivity contribution in [2.45, 2.75) is 38.7 Å². The van der Waals surface area contributed by atoms with Crippen molar-refractivity contribution in [1.82, 2.24) is 4.90 Å². The molecule has 4 nitrogen and oxygen atoms in total. The monoisotopic (exact) mass is 277 g/mol. The van der Waals surface area contributed by atoms with Crippen molar-refractivity contribution in [3.8, 4) is 0 Å². The lowest BCUT2D eigenvalue weighted by Gasteiger charge is -2.29. The van der Waals surface area contributed by atoms with Gasteiger partial charge >= 0.3 is 5.97 Å². The van der Waals surface area contributed by atoms with Crippen molar-refractivity contribution in [1.29, 1.82) is 0 Å². The number of unbranched alkanes of at least 4 members (excludes halogenated alkanes) is 1. The van der Waals surface area contributed by atoms with Gasteiger partial charge in [-0.3, -0.25) is 4.79 Å². The maximum Gasteiger partial charge on any atom is 0.304 e. The number of likely N-dealkylation sites (N-methyl/N-ethyl adjacent to an activating group) is 1. The molecule has 1 aliphatic rings. The van der Waals surface area contributed by atoms with Crippen molar-refractivity contribution < 1.29 is 14.6 Å². The largest absolute Gasteiger partial charge is 0.481 e. The minimum atomic E-state index is -0.714. The Labute approximate surface area is 115 Å². The molecule has 108 valence electrons. The zero-order valence-electron chi connectivity index (χ0n) is 11.9. The molecule has 0 aromatic carbocycles. The van der Waals surface area contributed by atoms with Crippen LogP contribution in [0.1, 0.15) is 32.6 Å². The van der Waals surface area contributed by atoms with E-state index in [0.29, 0.717) is 6.10 Å². The van der Waals surface area contributed by atoms with E-state index in [1.54, 1.807) is 11.8 Å². The Kier molecular flexibility index (Phi) is 11.6. The average Bonchev–Trinajstić information content (AvgIpc) is 2.34. The van der Waals surface area contributed by atoms with E-state index in [2.05, 4.69) is 18.9 Å². The maximum absolute atomic E-state index is 9.74. The summed E-state index contributed by atoms with van der Waals surface area (Å²) in [6, 6.07) is 0.